The molecular weight excluding hydrogens is 338 g/mol. The zero-order chi connectivity index (χ0) is 18.4. The zero-order valence-electron chi connectivity index (χ0n) is 13.4. The molecule has 4 rings (SSSR count). The number of pyridine rings is 1. The molecule has 0 radical (unpaired) electrons. The molecule has 0 spiro atoms. The van der Waals surface area contributed by atoms with Gasteiger partial charge in [-0.2, -0.15) is 10.4 Å². The van der Waals surface area contributed by atoms with Gasteiger partial charge >= 0.3 is 11.7 Å². The zero-order valence-corrected chi connectivity index (χ0v) is 13.4. The number of imidazole rings is 1. The Morgan fingerprint density at radius 1 is 1.42 bits per heavy atom. The van der Waals surface area contributed by atoms with Crippen LogP contribution in [-0.2, 0) is 4.79 Å². The van der Waals surface area contributed by atoms with E-state index in [0.717, 1.165) is 4.57 Å². The lowest BCUT2D eigenvalue weighted by atomic mass is 10.2. The summed E-state index contributed by atoms with van der Waals surface area (Å²) >= 11 is 0. The van der Waals surface area contributed by atoms with Crippen LogP contribution < -0.4 is 5.69 Å². The number of nitrogens with zero attached hydrogens (tertiary/aromatic N) is 6. The highest BCUT2D eigenvalue weighted by Gasteiger charge is 2.21. The predicted molar refractivity (Wildman–Crippen MR) is 89.4 cm³/mol. The van der Waals surface area contributed by atoms with Crippen molar-refractivity contribution in [2.75, 3.05) is 0 Å². The maximum Gasteiger partial charge on any atom is 0.328 e. The van der Waals surface area contributed by atoms with Gasteiger partial charge in [0, 0.05) is 6.20 Å². The van der Waals surface area contributed by atoms with Crippen LogP contribution in [0.15, 0.2) is 35.5 Å². The Bertz CT molecular complexity index is 1270. The number of hydrogen-bond donors (Lipinski definition) is 2. The summed E-state index contributed by atoms with van der Waals surface area (Å²) in [6, 6.07) is 4.25. The first-order chi connectivity index (χ1) is 12.5. The SMILES string of the molecule is C[C@@H](C(=O)O)n1c(=O)[nH]c2cnc(-c3cnn4ccc(C#N)cc34)nc21. The van der Waals surface area contributed by atoms with Crippen molar-refractivity contribution in [1.29, 1.82) is 5.26 Å². The summed E-state index contributed by atoms with van der Waals surface area (Å²) in [5.41, 5.74) is 1.59. The van der Waals surface area contributed by atoms with Crippen LogP contribution in [0.25, 0.3) is 28.1 Å². The Balaban J connectivity index is 1.96. The lowest BCUT2D eigenvalue weighted by Crippen LogP contribution is -2.26. The van der Waals surface area contributed by atoms with Crippen molar-refractivity contribution in [2.45, 2.75) is 13.0 Å². The molecule has 0 fully saturated rings. The van der Waals surface area contributed by atoms with E-state index in [1.807, 2.05) is 0 Å². The maximum atomic E-state index is 12.1. The first-order valence-corrected chi connectivity index (χ1v) is 7.57. The second-order valence-electron chi connectivity index (χ2n) is 5.66. The van der Waals surface area contributed by atoms with Gasteiger partial charge in [-0.25, -0.2) is 24.1 Å². The molecule has 0 bridgehead atoms. The average Bonchev–Trinajstić information content (AvgIpc) is 3.19. The van der Waals surface area contributed by atoms with Gasteiger partial charge in [0.25, 0.3) is 0 Å². The summed E-state index contributed by atoms with van der Waals surface area (Å²) < 4.78 is 2.64. The van der Waals surface area contributed by atoms with E-state index in [4.69, 9.17) is 5.26 Å². The number of nitrogens with one attached hydrogen (secondary N) is 1. The monoisotopic (exact) mass is 349 g/mol. The van der Waals surface area contributed by atoms with Crippen LogP contribution in [0.2, 0.25) is 0 Å². The van der Waals surface area contributed by atoms with Crippen LogP contribution in [0.3, 0.4) is 0 Å². The van der Waals surface area contributed by atoms with Crippen LogP contribution in [0.5, 0.6) is 0 Å². The minimum absolute atomic E-state index is 0.186. The molecule has 2 N–H and O–H groups in total. The summed E-state index contributed by atoms with van der Waals surface area (Å²) in [5, 5.41) is 22.5. The number of carbonyl (C=O) groups is 1. The Morgan fingerprint density at radius 2 is 2.23 bits per heavy atom. The molecule has 0 aromatic carbocycles. The molecule has 4 heterocycles. The Morgan fingerprint density at radius 3 is 2.96 bits per heavy atom. The van der Waals surface area contributed by atoms with Gasteiger partial charge in [-0.15, -0.1) is 0 Å². The molecule has 0 aliphatic heterocycles. The summed E-state index contributed by atoms with van der Waals surface area (Å²) in [5.74, 6) is -0.879. The lowest BCUT2D eigenvalue weighted by Gasteiger charge is -2.07. The third-order valence-corrected chi connectivity index (χ3v) is 4.09. The number of nitriles is 1. The van der Waals surface area contributed by atoms with Crippen LogP contribution >= 0.6 is 0 Å². The van der Waals surface area contributed by atoms with Crippen LogP contribution in [0.4, 0.5) is 0 Å². The lowest BCUT2D eigenvalue weighted by molar-refractivity contribution is -0.140. The van der Waals surface area contributed by atoms with Gasteiger partial charge in [0.05, 0.1) is 35.1 Å². The fraction of sp³-hybridized carbons (Fsp3) is 0.125. The van der Waals surface area contributed by atoms with Gasteiger partial charge in [-0.3, -0.25) is 4.57 Å². The number of fused-ring (bicyclic) bond motifs is 2. The van der Waals surface area contributed by atoms with Crippen molar-refractivity contribution in [3.05, 3.63) is 46.8 Å². The summed E-state index contributed by atoms with van der Waals surface area (Å²) in [6.45, 7) is 1.40. The van der Waals surface area contributed by atoms with Crippen LogP contribution in [-0.4, -0.2) is 40.2 Å². The van der Waals surface area contributed by atoms with Gasteiger partial charge < -0.3 is 10.1 Å². The molecule has 128 valence electrons. The molecule has 1 atom stereocenters. The highest BCUT2D eigenvalue weighted by Crippen LogP contribution is 2.23. The summed E-state index contributed by atoms with van der Waals surface area (Å²) in [4.78, 5) is 34.5. The normalized spacial score (nSPS) is 12.3. The van der Waals surface area contributed by atoms with Crippen molar-refractivity contribution in [3.8, 4) is 17.5 Å². The van der Waals surface area contributed by atoms with E-state index in [-0.39, 0.29) is 11.5 Å². The van der Waals surface area contributed by atoms with Crippen molar-refractivity contribution in [2.24, 2.45) is 0 Å². The molecule has 26 heavy (non-hydrogen) atoms. The topological polar surface area (TPSA) is 142 Å². The molecule has 10 heteroatoms. The Hall–Kier alpha value is -4.00. The second kappa shape index (κ2) is 5.52. The molecule has 0 aliphatic rings. The number of rotatable bonds is 3. The molecule has 0 saturated carbocycles. The van der Waals surface area contributed by atoms with Gasteiger partial charge in [0.1, 0.15) is 11.6 Å². The molecular formula is C16H11N7O3. The third kappa shape index (κ3) is 2.22. The van der Waals surface area contributed by atoms with Crippen LogP contribution in [0.1, 0.15) is 18.5 Å². The standard InChI is InChI=1S/C16H11N7O3/c1-8(15(24)25)23-14-11(20-16(23)26)7-18-13(21-14)10-6-19-22-3-2-9(5-17)4-12(10)22/h2-4,6-8H,1H3,(H,20,26)(H,24,25)/t8-/m0/s1. The van der Waals surface area contributed by atoms with E-state index in [1.165, 1.54) is 13.1 Å². The molecule has 10 nitrogen and oxygen atoms in total. The number of aromatic nitrogens is 6. The fourth-order valence-electron chi connectivity index (χ4n) is 2.74. The molecule has 0 saturated heterocycles. The maximum absolute atomic E-state index is 12.1. The number of H-pyrrole nitrogens is 1. The minimum Gasteiger partial charge on any atom is -0.480 e. The van der Waals surface area contributed by atoms with Crippen molar-refractivity contribution < 1.29 is 9.90 Å². The number of carboxylic acids is 1. The predicted octanol–water partition coefficient (Wildman–Crippen LogP) is 0.952. The van der Waals surface area contributed by atoms with Gasteiger partial charge in [0.15, 0.2) is 11.5 Å². The van der Waals surface area contributed by atoms with Crippen LogP contribution in [0, 0.1) is 11.3 Å². The smallest absolute Gasteiger partial charge is 0.328 e. The first-order valence-electron chi connectivity index (χ1n) is 7.57. The van der Waals surface area contributed by atoms with E-state index in [0.29, 0.717) is 22.2 Å². The molecule has 0 amide bonds. The average molecular weight is 349 g/mol. The molecule has 0 aliphatic carbocycles. The van der Waals surface area contributed by atoms with Crippen molar-refractivity contribution in [1.82, 2.24) is 29.1 Å². The minimum atomic E-state index is -1.15. The number of aromatic amines is 1. The first kappa shape index (κ1) is 15.5. The Kier molecular flexibility index (Phi) is 3.30. The van der Waals surface area contributed by atoms with Gasteiger partial charge in [-0.05, 0) is 19.1 Å². The fourth-order valence-corrected chi connectivity index (χ4v) is 2.74. The largest absolute Gasteiger partial charge is 0.480 e. The van der Waals surface area contributed by atoms with Crippen molar-refractivity contribution >= 4 is 22.6 Å². The third-order valence-electron chi connectivity index (χ3n) is 4.09. The summed E-state index contributed by atoms with van der Waals surface area (Å²) in [6.07, 6.45) is 4.61. The quantitative estimate of drug-likeness (QED) is 0.560. The van der Waals surface area contributed by atoms with E-state index in [2.05, 4.69) is 26.1 Å². The molecule has 4 aromatic heterocycles. The highest BCUT2D eigenvalue weighted by atomic mass is 16.4. The highest BCUT2D eigenvalue weighted by molar-refractivity contribution is 5.81. The van der Waals surface area contributed by atoms with Gasteiger partial charge in [-0.1, -0.05) is 0 Å². The molecule has 4 aromatic rings. The second-order valence-corrected chi connectivity index (χ2v) is 5.66. The molecule has 0 unspecified atom stereocenters. The Labute approximate surface area is 145 Å². The van der Waals surface area contributed by atoms with E-state index < -0.39 is 17.7 Å². The van der Waals surface area contributed by atoms with E-state index in [1.54, 1.807) is 29.0 Å². The van der Waals surface area contributed by atoms with E-state index in [9.17, 15) is 14.7 Å². The summed E-state index contributed by atoms with van der Waals surface area (Å²) in [7, 11) is 0. The number of aliphatic carboxylic acids is 1. The van der Waals surface area contributed by atoms with Gasteiger partial charge in [0.2, 0.25) is 0 Å². The number of hydrogen-bond acceptors (Lipinski definition) is 6. The van der Waals surface area contributed by atoms with E-state index >= 15 is 0 Å². The number of carboxylic acid groups (broad SMARTS) is 1. The van der Waals surface area contributed by atoms with Crippen molar-refractivity contribution in [3.63, 3.8) is 0 Å².